The summed E-state index contributed by atoms with van der Waals surface area (Å²) in [5, 5.41) is 0. The summed E-state index contributed by atoms with van der Waals surface area (Å²) in [6.07, 6.45) is 4.91. The van der Waals surface area contributed by atoms with E-state index in [1.54, 1.807) is 48.5 Å². The summed E-state index contributed by atoms with van der Waals surface area (Å²) in [7, 11) is 3.01. The van der Waals surface area contributed by atoms with E-state index in [0.29, 0.717) is 11.5 Å². The van der Waals surface area contributed by atoms with Gasteiger partial charge in [-0.3, -0.25) is 0 Å². The monoisotopic (exact) mass is 333 g/mol. The van der Waals surface area contributed by atoms with Crippen LogP contribution in [0.1, 0.15) is 11.6 Å². The molecule has 3 rings (SSSR count). The molecule has 1 aliphatic rings. The minimum absolute atomic E-state index is 0.0103. The van der Waals surface area contributed by atoms with Gasteiger partial charge in [-0.2, -0.15) is 0 Å². The van der Waals surface area contributed by atoms with Crippen LogP contribution in [0.5, 0.6) is 11.5 Å². The molecule has 8 nitrogen and oxygen atoms in total. The Hall–Kier alpha value is -3.03. The molecule has 0 radical (unpaired) electrons. The number of methoxy groups -OCH3 is 1. The van der Waals surface area contributed by atoms with E-state index in [4.69, 9.17) is 18.9 Å². The third kappa shape index (κ3) is 3.17. The van der Waals surface area contributed by atoms with Gasteiger partial charge in [-0.05, 0) is 17.7 Å². The van der Waals surface area contributed by atoms with E-state index in [-0.39, 0.29) is 13.4 Å². The highest BCUT2D eigenvalue weighted by atomic mass is 16.7. The molecule has 2 aromatic rings. The lowest BCUT2D eigenvalue weighted by Crippen LogP contribution is -2.32. The van der Waals surface area contributed by atoms with Crippen molar-refractivity contribution in [2.24, 2.45) is 7.05 Å². The molecular formula is C16H17N2O6+. The number of esters is 2. The van der Waals surface area contributed by atoms with E-state index in [1.807, 2.05) is 0 Å². The van der Waals surface area contributed by atoms with Gasteiger partial charge in [0.25, 0.3) is 6.04 Å². The molecule has 1 aliphatic heterocycles. The number of ether oxygens (including phenoxy) is 4. The molecule has 126 valence electrons. The molecule has 8 heteroatoms. The summed E-state index contributed by atoms with van der Waals surface area (Å²) in [5.74, 6) is -0.138. The number of carbonyl (C=O) groups excluding carboxylic acids is 2. The number of rotatable bonds is 5. The van der Waals surface area contributed by atoms with Gasteiger partial charge in [-0.15, -0.1) is 0 Å². The van der Waals surface area contributed by atoms with Crippen molar-refractivity contribution in [2.75, 3.05) is 13.9 Å². The Bertz CT molecular complexity index is 770. The second-order valence-electron chi connectivity index (χ2n) is 5.25. The van der Waals surface area contributed by atoms with Crippen LogP contribution in [0.3, 0.4) is 0 Å². The number of hydrogen-bond donors (Lipinski definition) is 0. The SMILES string of the molecule is COC(=O)C(C(=O)OCc1ccc2c(c1)OCO2)n1cc[n+](C)c1. The highest BCUT2D eigenvalue weighted by Gasteiger charge is 2.35. The quantitative estimate of drug-likeness (QED) is 0.450. The van der Waals surface area contributed by atoms with E-state index >= 15 is 0 Å². The predicted molar refractivity (Wildman–Crippen MR) is 79.0 cm³/mol. The number of aromatic nitrogens is 2. The summed E-state index contributed by atoms with van der Waals surface area (Å²) in [6.45, 7) is 0.185. The summed E-state index contributed by atoms with van der Waals surface area (Å²) < 4.78 is 23.6. The summed E-state index contributed by atoms with van der Waals surface area (Å²) in [5.41, 5.74) is 0.731. The molecule has 1 aromatic carbocycles. The molecule has 0 spiro atoms. The maximum absolute atomic E-state index is 12.4. The Morgan fingerprint density at radius 3 is 2.79 bits per heavy atom. The smallest absolute Gasteiger partial charge is 0.364 e. The molecular weight excluding hydrogens is 316 g/mol. The van der Waals surface area contributed by atoms with Crippen molar-refractivity contribution in [1.82, 2.24) is 4.57 Å². The summed E-state index contributed by atoms with van der Waals surface area (Å²) in [6, 6.07) is 4.06. The first-order valence-electron chi connectivity index (χ1n) is 7.24. The Balaban J connectivity index is 1.70. The third-order valence-electron chi connectivity index (χ3n) is 3.55. The van der Waals surface area contributed by atoms with Crippen LogP contribution in [0.15, 0.2) is 36.9 Å². The third-order valence-corrected chi connectivity index (χ3v) is 3.55. The van der Waals surface area contributed by atoms with Crippen molar-refractivity contribution in [1.29, 1.82) is 0 Å². The van der Waals surface area contributed by atoms with Crippen molar-refractivity contribution in [2.45, 2.75) is 12.6 Å². The van der Waals surface area contributed by atoms with E-state index in [2.05, 4.69) is 0 Å². The number of imidazole rings is 1. The van der Waals surface area contributed by atoms with Gasteiger partial charge in [0, 0.05) is 0 Å². The van der Waals surface area contributed by atoms with Gasteiger partial charge in [0.1, 0.15) is 19.0 Å². The van der Waals surface area contributed by atoms with Crippen molar-refractivity contribution in [3.8, 4) is 11.5 Å². The van der Waals surface area contributed by atoms with Gasteiger partial charge in [-0.25, -0.2) is 18.7 Å². The van der Waals surface area contributed by atoms with Crippen LogP contribution in [-0.2, 0) is 32.7 Å². The highest BCUT2D eigenvalue weighted by molar-refractivity contribution is 5.97. The standard InChI is InChI=1S/C16H17N2O6/c1-17-5-6-18(9-17)14(15(19)21-2)16(20)22-8-11-3-4-12-13(7-11)24-10-23-12/h3-7,9,14H,8,10H2,1-2H3/q+1. The van der Waals surface area contributed by atoms with Crippen molar-refractivity contribution >= 4 is 11.9 Å². The van der Waals surface area contributed by atoms with Crippen molar-refractivity contribution in [3.05, 3.63) is 42.5 Å². The average Bonchev–Trinajstić information content (AvgIpc) is 3.21. The molecule has 0 bridgehead atoms. The van der Waals surface area contributed by atoms with Gasteiger partial charge in [0.2, 0.25) is 13.1 Å². The number of benzene rings is 1. The number of hydrogen-bond acceptors (Lipinski definition) is 6. The zero-order chi connectivity index (χ0) is 17.1. The Morgan fingerprint density at radius 2 is 2.08 bits per heavy atom. The number of nitrogens with zero attached hydrogens (tertiary/aromatic N) is 2. The van der Waals surface area contributed by atoms with Crippen LogP contribution in [0.2, 0.25) is 0 Å². The first kappa shape index (κ1) is 15.9. The van der Waals surface area contributed by atoms with Gasteiger partial charge in [0.05, 0.1) is 14.2 Å². The fourth-order valence-corrected chi connectivity index (χ4v) is 2.34. The molecule has 0 aliphatic carbocycles. The zero-order valence-corrected chi connectivity index (χ0v) is 13.3. The molecule has 0 saturated carbocycles. The maximum atomic E-state index is 12.4. The van der Waals surface area contributed by atoms with E-state index in [9.17, 15) is 9.59 Å². The van der Waals surface area contributed by atoms with E-state index < -0.39 is 18.0 Å². The number of aryl methyl sites for hydroxylation is 1. The molecule has 24 heavy (non-hydrogen) atoms. The Morgan fingerprint density at radius 1 is 1.29 bits per heavy atom. The molecule has 0 fully saturated rings. The lowest BCUT2D eigenvalue weighted by Gasteiger charge is -2.11. The lowest BCUT2D eigenvalue weighted by atomic mass is 10.2. The average molecular weight is 333 g/mol. The van der Waals surface area contributed by atoms with Crippen LogP contribution in [0.25, 0.3) is 0 Å². The second kappa shape index (κ2) is 6.61. The molecule has 0 amide bonds. The first-order valence-corrected chi connectivity index (χ1v) is 7.24. The van der Waals surface area contributed by atoms with Gasteiger partial charge in [0.15, 0.2) is 11.5 Å². The minimum Gasteiger partial charge on any atom is -0.465 e. The zero-order valence-electron chi connectivity index (χ0n) is 13.3. The topological polar surface area (TPSA) is 79.9 Å². The van der Waals surface area contributed by atoms with Crippen LogP contribution in [0, 0.1) is 0 Å². The van der Waals surface area contributed by atoms with E-state index in [1.165, 1.54) is 11.7 Å². The molecule has 0 saturated heterocycles. The highest BCUT2D eigenvalue weighted by Crippen LogP contribution is 2.32. The van der Waals surface area contributed by atoms with Gasteiger partial charge in [-0.1, -0.05) is 6.07 Å². The van der Waals surface area contributed by atoms with E-state index in [0.717, 1.165) is 5.56 Å². The lowest BCUT2D eigenvalue weighted by molar-refractivity contribution is -0.671. The molecule has 2 heterocycles. The largest absolute Gasteiger partial charge is 0.465 e. The van der Waals surface area contributed by atoms with Gasteiger partial charge < -0.3 is 18.9 Å². The predicted octanol–water partition coefficient (Wildman–Crippen LogP) is 0.499. The normalized spacial score (nSPS) is 13.4. The van der Waals surface area contributed by atoms with Crippen LogP contribution >= 0.6 is 0 Å². The number of fused-ring (bicyclic) bond motifs is 1. The van der Waals surface area contributed by atoms with Crippen LogP contribution in [-0.4, -0.2) is 30.4 Å². The molecule has 0 N–H and O–H groups in total. The fourth-order valence-electron chi connectivity index (χ4n) is 2.34. The Labute approximate surface area is 138 Å². The summed E-state index contributed by atoms with van der Waals surface area (Å²) >= 11 is 0. The van der Waals surface area contributed by atoms with Crippen molar-refractivity contribution < 1.29 is 33.1 Å². The fraction of sp³-hybridized carbons (Fsp3) is 0.312. The summed E-state index contributed by atoms with van der Waals surface area (Å²) in [4.78, 5) is 24.3. The molecule has 1 atom stereocenters. The van der Waals surface area contributed by atoms with Crippen LogP contribution in [0.4, 0.5) is 0 Å². The van der Waals surface area contributed by atoms with Gasteiger partial charge >= 0.3 is 11.9 Å². The molecule has 1 aromatic heterocycles. The second-order valence-corrected chi connectivity index (χ2v) is 5.25. The first-order chi connectivity index (χ1) is 11.6. The Kier molecular flexibility index (Phi) is 4.37. The molecule has 1 unspecified atom stereocenters. The van der Waals surface area contributed by atoms with Crippen molar-refractivity contribution in [3.63, 3.8) is 0 Å². The number of carbonyl (C=O) groups is 2. The maximum Gasteiger partial charge on any atom is 0.364 e. The van der Waals surface area contributed by atoms with Crippen LogP contribution < -0.4 is 14.0 Å². The minimum atomic E-state index is -1.19.